The Balaban J connectivity index is 1.69. The summed E-state index contributed by atoms with van der Waals surface area (Å²) in [5.41, 5.74) is 6.13. The van der Waals surface area contributed by atoms with Gasteiger partial charge in [-0.05, 0) is 31.5 Å². The van der Waals surface area contributed by atoms with Crippen molar-refractivity contribution >= 4 is 27.8 Å². The number of aryl methyl sites for hydroxylation is 4. The summed E-state index contributed by atoms with van der Waals surface area (Å²) >= 11 is 0. The molecule has 0 spiro atoms. The lowest BCUT2D eigenvalue weighted by molar-refractivity contribution is 0.632. The molecule has 39 heavy (non-hydrogen) atoms. The number of benzene rings is 2. The zero-order valence-electron chi connectivity index (χ0n) is 22.8. The van der Waals surface area contributed by atoms with E-state index < -0.39 is 0 Å². The van der Waals surface area contributed by atoms with Crippen molar-refractivity contribution in [2.75, 3.05) is 5.32 Å². The molecule has 0 aliphatic rings. The van der Waals surface area contributed by atoms with Gasteiger partial charge in [-0.3, -0.25) is 18.4 Å². The van der Waals surface area contributed by atoms with E-state index in [1.165, 1.54) is 6.07 Å². The third-order valence-electron chi connectivity index (χ3n) is 7.42. The van der Waals surface area contributed by atoms with Gasteiger partial charge in [0, 0.05) is 57.6 Å². The van der Waals surface area contributed by atoms with Gasteiger partial charge < -0.3 is 9.88 Å². The van der Waals surface area contributed by atoms with Gasteiger partial charge in [0.15, 0.2) is 5.82 Å². The first-order chi connectivity index (χ1) is 18.7. The molecule has 10 nitrogen and oxygen atoms in total. The lowest BCUT2D eigenvalue weighted by Crippen LogP contribution is -2.19. The molecule has 1 N–H and O–H groups in total. The second-order valence-electron chi connectivity index (χ2n) is 10.1. The van der Waals surface area contributed by atoms with Gasteiger partial charge in [-0.2, -0.15) is 5.10 Å². The fourth-order valence-corrected chi connectivity index (χ4v) is 5.13. The highest BCUT2D eigenvalue weighted by molar-refractivity contribution is 5.94. The van der Waals surface area contributed by atoms with E-state index in [-0.39, 0.29) is 17.5 Å². The minimum absolute atomic E-state index is 0.121. The number of nitrogens with one attached hydrogen (secondary N) is 1. The van der Waals surface area contributed by atoms with Crippen LogP contribution >= 0.6 is 0 Å². The van der Waals surface area contributed by atoms with Gasteiger partial charge in [0.1, 0.15) is 11.5 Å². The van der Waals surface area contributed by atoms with Crippen LogP contribution in [0.15, 0.2) is 54.0 Å². The highest BCUT2D eigenvalue weighted by Gasteiger charge is 2.22. The SMILES string of the molecule is CCC(C)Nc1cc(-n2c(-c3cncn3C)nc3cc(-c4cnn(C)c4)c(F)cc32)cc2c1n(C)c(=O)n2C. The van der Waals surface area contributed by atoms with E-state index >= 15 is 4.39 Å². The number of nitrogens with zero attached hydrogens (tertiary/aromatic N) is 8. The molecule has 4 aromatic heterocycles. The number of hydrogen-bond acceptors (Lipinski definition) is 5. The van der Waals surface area contributed by atoms with E-state index in [9.17, 15) is 4.79 Å². The molecule has 1 atom stereocenters. The summed E-state index contributed by atoms with van der Waals surface area (Å²) < 4.78 is 24.4. The third-order valence-corrected chi connectivity index (χ3v) is 7.42. The first-order valence-corrected chi connectivity index (χ1v) is 12.8. The van der Waals surface area contributed by atoms with Crippen LogP contribution in [0.1, 0.15) is 20.3 Å². The van der Waals surface area contributed by atoms with Gasteiger partial charge >= 0.3 is 5.69 Å². The smallest absolute Gasteiger partial charge is 0.328 e. The molecule has 11 heteroatoms. The molecule has 0 aliphatic heterocycles. The highest BCUT2D eigenvalue weighted by Crippen LogP contribution is 2.35. The number of hydrogen-bond donors (Lipinski definition) is 1. The Bertz CT molecular complexity index is 1930. The van der Waals surface area contributed by atoms with Crippen molar-refractivity contribution in [1.29, 1.82) is 0 Å². The van der Waals surface area contributed by atoms with E-state index in [1.807, 2.05) is 28.3 Å². The molecule has 1 unspecified atom stereocenters. The van der Waals surface area contributed by atoms with Gasteiger partial charge in [0.25, 0.3) is 0 Å². The summed E-state index contributed by atoms with van der Waals surface area (Å²) in [5.74, 6) is 0.238. The Morgan fingerprint density at radius 1 is 1.03 bits per heavy atom. The van der Waals surface area contributed by atoms with Crippen molar-refractivity contribution in [3.8, 4) is 28.3 Å². The molecule has 6 rings (SSSR count). The standard InChI is InChI=1S/C28H30FN9O/c1-7-16(2)32-22-8-18(9-24-26(22)37(6)28(39)36(24)5)38-23-11-20(29)19(17-12-31-35(4)14-17)10-21(23)33-27(38)25-13-30-15-34(25)3/h8-16,32H,7H2,1-6H3. The Morgan fingerprint density at radius 2 is 1.82 bits per heavy atom. The molecule has 200 valence electrons. The van der Waals surface area contributed by atoms with Crippen LogP contribution in [0.25, 0.3) is 50.4 Å². The van der Waals surface area contributed by atoms with Crippen LogP contribution in [-0.4, -0.2) is 44.1 Å². The number of halogens is 1. The molecule has 6 aromatic rings. The van der Waals surface area contributed by atoms with Crippen LogP contribution < -0.4 is 11.0 Å². The number of fused-ring (bicyclic) bond motifs is 2. The molecule has 0 fully saturated rings. The van der Waals surface area contributed by atoms with Gasteiger partial charge in [-0.15, -0.1) is 0 Å². The predicted molar refractivity (Wildman–Crippen MR) is 151 cm³/mol. The highest BCUT2D eigenvalue weighted by atomic mass is 19.1. The predicted octanol–water partition coefficient (Wildman–Crippen LogP) is 4.37. The molecule has 0 bridgehead atoms. The number of rotatable bonds is 6. The van der Waals surface area contributed by atoms with E-state index in [2.05, 4.69) is 29.2 Å². The first kappa shape index (κ1) is 24.7. The Hall–Kier alpha value is -4.67. The maximum atomic E-state index is 15.7. The number of anilines is 1. The fourth-order valence-electron chi connectivity index (χ4n) is 5.13. The monoisotopic (exact) mass is 527 g/mol. The quantitative estimate of drug-likeness (QED) is 0.347. The van der Waals surface area contributed by atoms with Crippen LogP contribution in [0.4, 0.5) is 10.1 Å². The molecule has 0 radical (unpaired) electrons. The molecule has 0 saturated heterocycles. The fraction of sp³-hybridized carbons (Fsp3) is 0.286. The Morgan fingerprint density at radius 3 is 2.49 bits per heavy atom. The van der Waals surface area contributed by atoms with Crippen LogP contribution in [0.5, 0.6) is 0 Å². The van der Waals surface area contributed by atoms with Crippen LogP contribution in [0.2, 0.25) is 0 Å². The Labute approximate surface area is 223 Å². The maximum Gasteiger partial charge on any atom is 0.328 e. The van der Waals surface area contributed by atoms with Gasteiger partial charge in [0.05, 0.1) is 52.2 Å². The Kier molecular flexibility index (Phi) is 5.67. The second kappa shape index (κ2) is 8.97. The summed E-state index contributed by atoms with van der Waals surface area (Å²) in [6, 6.07) is 7.40. The summed E-state index contributed by atoms with van der Waals surface area (Å²) in [4.78, 5) is 22.2. The third kappa shape index (κ3) is 3.84. The average Bonchev–Trinajstić information content (AvgIpc) is 3.67. The minimum atomic E-state index is -0.376. The lowest BCUT2D eigenvalue weighted by Gasteiger charge is -2.18. The molecule has 0 aliphatic carbocycles. The van der Waals surface area contributed by atoms with E-state index in [4.69, 9.17) is 4.98 Å². The zero-order valence-corrected chi connectivity index (χ0v) is 22.8. The molecular formula is C28H30FN9O. The molecule has 0 amide bonds. The van der Waals surface area contributed by atoms with E-state index in [0.29, 0.717) is 28.0 Å². The number of imidazole rings is 3. The normalized spacial score (nSPS) is 12.6. The van der Waals surface area contributed by atoms with Gasteiger partial charge in [0.2, 0.25) is 0 Å². The van der Waals surface area contributed by atoms with Crippen molar-refractivity contribution < 1.29 is 4.39 Å². The second-order valence-corrected chi connectivity index (χ2v) is 10.1. The summed E-state index contributed by atoms with van der Waals surface area (Å²) in [6.07, 6.45) is 7.77. The topological polar surface area (TPSA) is 92.4 Å². The van der Waals surface area contributed by atoms with E-state index in [1.54, 1.807) is 65.9 Å². The van der Waals surface area contributed by atoms with Crippen molar-refractivity contribution in [2.45, 2.75) is 26.3 Å². The number of aromatic nitrogens is 8. The van der Waals surface area contributed by atoms with Crippen LogP contribution in [0.3, 0.4) is 0 Å². The van der Waals surface area contributed by atoms with Gasteiger partial charge in [-0.1, -0.05) is 6.92 Å². The first-order valence-electron chi connectivity index (χ1n) is 12.8. The maximum absolute atomic E-state index is 15.7. The van der Waals surface area contributed by atoms with E-state index in [0.717, 1.165) is 34.5 Å². The summed E-state index contributed by atoms with van der Waals surface area (Å²) in [5, 5.41) is 7.77. The van der Waals surface area contributed by atoms with Crippen LogP contribution in [-0.2, 0) is 28.2 Å². The van der Waals surface area contributed by atoms with Crippen molar-refractivity contribution in [2.24, 2.45) is 28.2 Å². The minimum Gasteiger partial charge on any atom is -0.381 e. The van der Waals surface area contributed by atoms with Crippen molar-refractivity contribution in [1.82, 2.24) is 38.0 Å². The summed E-state index contributed by atoms with van der Waals surface area (Å²) in [7, 11) is 7.23. The zero-order chi connectivity index (χ0) is 27.6. The van der Waals surface area contributed by atoms with Crippen molar-refractivity contribution in [3.63, 3.8) is 0 Å². The molecule has 0 saturated carbocycles. The molecular weight excluding hydrogens is 497 g/mol. The van der Waals surface area contributed by atoms with Crippen LogP contribution in [0, 0.1) is 5.82 Å². The molecule has 4 heterocycles. The lowest BCUT2D eigenvalue weighted by atomic mass is 10.1. The molecule has 2 aromatic carbocycles. The van der Waals surface area contributed by atoms with Crippen molar-refractivity contribution in [3.05, 3.63) is 65.5 Å². The average molecular weight is 528 g/mol. The largest absolute Gasteiger partial charge is 0.381 e. The summed E-state index contributed by atoms with van der Waals surface area (Å²) in [6.45, 7) is 4.21. The van der Waals surface area contributed by atoms with Gasteiger partial charge in [-0.25, -0.2) is 19.2 Å².